The molecule has 0 spiro atoms. The van der Waals surface area contributed by atoms with Gasteiger partial charge in [0.25, 0.3) is 0 Å². The van der Waals surface area contributed by atoms with E-state index in [2.05, 4.69) is 62.4 Å². The summed E-state index contributed by atoms with van der Waals surface area (Å²) < 4.78 is 13.7. The van der Waals surface area contributed by atoms with Gasteiger partial charge in [-0.15, -0.1) is 0 Å². The van der Waals surface area contributed by atoms with Crippen LogP contribution in [0.15, 0.2) is 107 Å². The van der Waals surface area contributed by atoms with Gasteiger partial charge < -0.3 is 0 Å². The highest BCUT2D eigenvalue weighted by Gasteiger charge is 2.16. The fourth-order valence-corrected chi connectivity index (χ4v) is 4.73. The highest BCUT2D eigenvalue weighted by atomic mass is 32.2. The summed E-state index contributed by atoms with van der Waals surface area (Å²) >= 11 is 0. The molecule has 0 amide bonds. The summed E-state index contributed by atoms with van der Waals surface area (Å²) in [5.41, 5.74) is 6.63. The normalized spacial score (nSPS) is 11.0. The molecular weight excluding hydrogens is 360 g/mol. The lowest BCUT2D eigenvalue weighted by atomic mass is 10.0. The average Bonchev–Trinajstić information content (AvgIpc) is 2.74. The second-order valence-corrected chi connectivity index (χ2v) is 8.41. The summed E-state index contributed by atoms with van der Waals surface area (Å²) in [7, 11) is -1.28. The van der Waals surface area contributed by atoms with E-state index in [9.17, 15) is 4.21 Å². The summed E-state index contributed by atoms with van der Waals surface area (Å²) in [5.74, 6) is 0. The molecule has 1 nitrogen and oxygen atoms in total. The first-order valence-corrected chi connectivity index (χ1v) is 10.5. The zero-order valence-electron chi connectivity index (χ0n) is 16.1. The van der Waals surface area contributed by atoms with Gasteiger partial charge in [-0.05, 0) is 48.2 Å². The monoisotopic (exact) mass is 382 g/mol. The predicted molar refractivity (Wildman–Crippen MR) is 118 cm³/mol. The SMILES string of the molecule is Cc1ccc(-c2ccccc2S(=O)c2ccccc2-c2ccc(C)cc2)cc1. The second-order valence-electron chi connectivity index (χ2n) is 6.99. The lowest BCUT2D eigenvalue weighted by molar-refractivity contribution is 0.683. The Morgan fingerprint density at radius 3 is 1.25 bits per heavy atom. The Morgan fingerprint density at radius 2 is 0.857 bits per heavy atom. The van der Waals surface area contributed by atoms with Crippen LogP contribution in [0.1, 0.15) is 11.1 Å². The van der Waals surface area contributed by atoms with Crippen molar-refractivity contribution in [3.8, 4) is 22.3 Å². The van der Waals surface area contributed by atoms with Crippen LogP contribution in [0.2, 0.25) is 0 Å². The van der Waals surface area contributed by atoms with Gasteiger partial charge in [-0.25, -0.2) is 4.21 Å². The standard InChI is InChI=1S/C26H22OS/c1-19-11-15-21(16-12-19)23-7-3-5-9-25(23)28(27)26-10-6-4-8-24(26)22-17-13-20(2)14-18-22/h3-18H,1-2H3. The molecule has 0 aliphatic carbocycles. The van der Waals surface area contributed by atoms with Gasteiger partial charge in [-0.1, -0.05) is 96.1 Å². The molecule has 0 radical (unpaired) electrons. The molecule has 0 fully saturated rings. The number of rotatable bonds is 4. The van der Waals surface area contributed by atoms with Crippen molar-refractivity contribution in [1.29, 1.82) is 0 Å². The fourth-order valence-electron chi connectivity index (χ4n) is 3.32. The van der Waals surface area contributed by atoms with Gasteiger partial charge in [-0.2, -0.15) is 0 Å². The van der Waals surface area contributed by atoms with Crippen molar-refractivity contribution in [2.45, 2.75) is 23.6 Å². The van der Waals surface area contributed by atoms with Crippen LogP contribution in [0.25, 0.3) is 22.3 Å². The number of benzene rings is 4. The van der Waals surface area contributed by atoms with Crippen molar-refractivity contribution in [2.75, 3.05) is 0 Å². The van der Waals surface area contributed by atoms with Gasteiger partial charge in [0.05, 0.1) is 20.6 Å². The molecule has 0 atom stereocenters. The van der Waals surface area contributed by atoms with E-state index in [1.54, 1.807) is 0 Å². The summed E-state index contributed by atoms with van der Waals surface area (Å²) in [4.78, 5) is 1.68. The molecule has 0 aliphatic heterocycles. The van der Waals surface area contributed by atoms with Gasteiger partial charge in [0.1, 0.15) is 0 Å². The fraction of sp³-hybridized carbons (Fsp3) is 0.0769. The van der Waals surface area contributed by atoms with E-state index < -0.39 is 10.8 Å². The van der Waals surface area contributed by atoms with Crippen molar-refractivity contribution >= 4 is 10.8 Å². The van der Waals surface area contributed by atoms with Gasteiger partial charge in [0, 0.05) is 0 Å². The largest absolute Gasteiger partial charge is 0.249 e. The van der Waals surface area contributed by atoms with Crippen LogP contribution < -0.4 is 0 Å². The Morgan fingerprint density at radius 1 is 0.500 bits per heavy atom. The maximum atomic E-state index is 13.7. The molecule has 0 saturated carbocycles. The Labute approximate surface area is 169 Å². The van der Waals surface area contributed by atoms with E-state index in [-0.39, 0.29) is 0 Å². The van der Waals surface area contributed by atoms with Crippen molar-refractivity contribution < 1.29 is 4.21 Å². The number of hydrogen-bond acceptors (Lipinski definition) is 1. The quantitative estimate of drug-likeness (QED) is 0.379. The first-order chi connectivity index (χ1) is 13.6. The summed E-state index contributed by atoms with van der Waals surface area (Å²) in [6, 6.07) is 32.7. The lowest BCUT2D eigenvalue weighted by Gasteiger charge is -2.13. The van der Waals surface area contributed by atoms with Crippen molar-refractivity contribution in [2.24, 2.45) is 0 Å². The van der Waals surface area contributed by atoms with E-state index in [0.29, 0.717) is 0 Å². The molecule has 28 heavy (non-hydrogen) atoms. The first-order valence-electron chi connectivity index (χ1n) is 9.37. The van der Waals surface area contributed by atoms with Gasteiger partial charge in [0.15, 0.2) is 0 Å². The maximum absolute atomic E-state index is 13.7. The van der Waals surface area contributed by atoms with Crippen molar-refractivity contribution in [1.82, 2.24) is 0 Å². The number of aryl methyl sites for hydroxylation is 2. The van der Waals surface area contributed by atoms with E-state index in [1.165, 1.54) is 11.1 Å². The highest BCUT2D eigenvalue weighted by molar-refractivity contribution is 7.85. The first kappa shape index (κ1) is 18.4. The third kappa shape index (κ3) is 3.69. The molecule has 0 unspecified atom stereocenters. The van der Waals surface area contributed by atoms with Crippen molar-refractivity contribution in [3.63, 3.8) is 0 Å². The van der Waals surface area contributed by atoms with Crippen LogP contribution in [0.4, 0.5) is 0 Å². The van der Waals surface area contributed by atoms with Crippen LogP contribution in [-0.2, 0) is 10.8 Å². The molecule has 138 valence electrons. The number of hydrogen-bond donors (Lipinski definition) is 0. The molecule has 0 aromatic heterocycles. The lowest BCUT2D eigenvalue weighted by Crippen LogP contribution is -1.98. The van der Waals surface area contributed by atoms with E-state index in [0.717, 1.165) is 32.0 Å². The Balaban J connectivity index is 1.82. The molecule has 0 heterocycles. The molecule has 4 aromatic carbocycles. The molecule has 4 rings (SSSR count). The third-order valence-electron chi connectivity index (χ3n) is 4.90. The predicted octanol–water partition coefficient (Wildman–Crippen LogP) is 6.80. The molecule has 0 N–H and O–H groups in total. The molecule has 0 bridgehead atoms. The second kappa shape index (κ2) is 7.95. The highest BCUT2D eigenvalue weighted by Crippen LogP contribution is 2.33. The maximum Gasteiger partial charge on any atom is 0.0862 e. The van der Waals surface area contributed by atoms with Crippen LogP contribution in [0.5, 0.6) is 0 Å². The van der Waals surface area contributed by atoms with Crippen LogP contribution >= 0.6 is 0 Å². The van der Waals surface area contributed by atoms with E-state index in [1.807, 2.05) is 48.5 Å². The molecule has 2 heteroatoms. The van der Waals surface area contributed by atoms with Gasteiger partial charge >= 0.3 is 0 Å². The average molecular weight is 383 g/mol. The molecule has 0 saturated heterocycles. The minimum absolute atomic E-state index is 0.839. The Hall–Kier alpha value is -2.97. The molecule has 4 aromatic rings. The summed E-state index contributed by atoms with van der Waals surface area (Å²) in [6.07, 6.45) is 0. The smallest absolute Gasteiger partial charge is 0.0862 e. The Bertz CT molecular complexity index is 1030. The minimum atomic E-state index is -1.28. The van der Waals surface area contributed by atoms with Crippen LogP contribution in [0.3, 0.4) is 0 Å². The molecular formula is C26H22OS. The van der Waals surface area contributed by atoms with Crippen molar-refractivity contribution in [3.05, 3.63) is 108 Å². The summed E-state index contributed by atoms with van der Waals surface area (Å²) in [6.45, 7) is 4.15. The zero-order valence-corrected chi connectivity index (χ0v) is 16.9. The summed E-state index contributed by atoms with van der Waals surface area (Å²) in [5, 5.41) is 0. The van der Waals surface area contributed by atoms with E-state index >= 15 is 0 Å². The molecule has 0 aliphatic rings. The topological polar surface area (TPSA) is 17.1 Å². The van der Waals surface area contributed by atoms with Gasteiger partial charge in [-0.3, -0.25) is 0 Å². The van der Waals surface area contributed by atoms with Crippen LogP contribution in [-0.4, -0.2) is 4.21 Å². The van der Waals surface area contributed by atoms with E-state index in [4.69, 9.17) is 0 Å². The minimum Gasteiger partial charge on any atom is -0.249 e. The van der Waals surface area contributed by atoms with Crippen LogP contribution in [0, 0.1) is 13.8 Å². The third-order valence-corrected chi connectivity index (χ3v) is 6.41. The zero-order chi connectivity index (χ0) is 19.5. The Kier molecular flexibility index (Phi) is 5.23. The van der Waals surface area contributed by atoms with Gasteiger partial charge in [0.2, 0.25) is 0 Å².